The Bertz CT molecular complexity index is 667. The number of likely N-dealkylation sites (tertiary alicyclic amines) is 1. The Balaban J connectivity index is 1.51. The average Bonchev–Trinajstić information content (AvgIpc) is 3.12. The highest BCUT2D eigenvalue weighted by molar-refractivity contribution is 5.92. The van der Waals surface area contributed by atoms with Gasteiger partial charge in [-0.15, -0.1) is 0 Å². The van der Waals surface area contributed by atoms with E-state index in [1.165, 1.54) is 12.8 Å². The standard InChI is InChI=1S/C19H22N2O3/c22-19(18-4-2-10-23-18)21-9-7-17(24-13-14-5-6-14)16(21)11-15-3-1-8-20-12-15/h1-4,8,10,12,14,16-17H,5-7,9,11,13H2/t16-,17-/m0/s1. The molecule has 2 aromatic rings. The molecule has 5 nitrogen and oxygen atoms in total. The third kappa shape index (κ3) is 3.36. The minimum atomic E-state index is -0.0496. The highest BCUT2D eigenvalue weighted by Crippen LogP contribution is 2.32. The Morgan fingerprint density at radius 2 is 2.21 bits per heavy atom. The fraction of sp³-hybridized carbons (Fsp3) is 0.474. The molecule has 3 heterocycles. The smallest absolute Gasteiger partial charge is 0.289 e. The molecule has 1 aliphatic carbocycles. The Labute approximate surface area is 141 Å². The zero-order valence-corrected chi connectivity index (χ0v) is 13.6. The van der Waals surface area contributed by atoms with E-state index in [-0.39, 0.29) is 18.1 Å². The first-order valence-electron chi connectivity index (χ1n) is 8.66. The number of hydrogen-bond acceptors (Lipinski definition) is 4. The van der Waals surface area contributed by atoms with E-state index in [1.54, 1.807) is 24.6 Å². The second kappa shape index (κ2) is 6.77. The van der Waals surface area contributed by atoms with Crippen LogP contribution in [0.1, 0.15) is 35.4 Å². The SMILES string of the molecule is O=C(c1ccco1)N1CC[C@H](OCC2CC2)[C@@H]1Cc1cccnc1. The first kappa shape index (κ1) is 15.4. The van der Waals surface area contributed by atoms with E-state index in [0.29, 0.717) is 12.3 Å². The fourth-order valence-corrected chi connectivity index (χ4v) is 3.36. The van der Waals surface area contributed by atoms with Crippen molar-refractivity contribution in [1.29, 1.82) is 0 Å². The van der Waals surface area contributed by atoms with Crippen LogP contribution < -0.4 is 0 Å². The highest BCUT2D eigenvalue weighted by atomic mass is 16.5. The molecule has 2 atom stereocenters. The van der Waals surface area contributed by atoms with Crippen LogP contribution in [0.3, 0.4) is 0 Å². The number of carbonyl (C=O) groups excluding carboxylic acids is 1. The fourth-order valence-electron chi connectivity index (χ4n) is 3.36. The summed E-state index contributed by atoms with van der Waals surface area (Å²) in [6.07, 6.45) is 9.45. The van der Waals surface area contributed by atoms with E-state index >= 15 is 0 Å². The number of rotatable bonds is 6. The second-order valence-electron chi connectivity index (χ2n) is 6.71. The van der Waals surface area contributed by atoms with Gasteiger partial charge in [0.25, 0.3) is 5.91 Å². The number of pyridine rings is 1. The number of aromatic nitrogens is 1. The van der Waals surface area contributed by atoms with E-state index in [2.05, 4.69) is 11.1 Å². The molecule has 2 aliphatic rings. The molecular formula is C19H22N2O3. The van der Waals surface area contributed by atoms with Gasteiger partial charge in [-0.25, -0.2) is 0 Å². The number of furan rings is 1. The molecule has 126 valence electrons. The number of carbonyl (C=O) groups is 1. The van der Waals surface area contributed by atoms with Crippen molar-refractivity contribution in [2.75, 3.05) is 13.2 Å². The van der Waals surface area contributed by atoms with E-state index in [1.807, 2.05) is 17.2 Å². The monoisotopic (exact) mass is 326 g/mol. The summed E-state index contributed by atoms with van der Waals surface area (Å²) in [5.41, 5.74) is 1.13. The largest absolute Gasteiger partial charge is 0.459 e. The van der Waals surface area contributed by atoms with Crippen LogP contribution in [0, 0.1) is 5.92 Å². The summed E-state index contributed by atoms with van der Waals surface area (Å²) in [5.74, 6) is 1.07. The van der Waals surface area contributed by atoms with Crippen molar-refractivity contribution in [3.63, 3.8) is 0 Å². The predicted octanol–water partition coefficient (Wildman–Crippen LogP) is 2.93. The lowest BCUT2D eigenvalue weighted by Crippen LogP contribution is -2.42. The summed E-state index contributed by atoms with van der Waals surface area (Å²) >= 11 is 0. The summed E-state index contributed by atoms with van der Waals surface area (Å²) in [6, 6.07) is 7.50. The van der Waals surface area contributed by atoms with Gasteiger partial charge in [-0.1, -0.05) is 6.07 Å². The Kier molecular flexibility index (Phi) is 4.34. The van der Waals surface area contributed by atoms with Crippen LogP contribution in [-0.2, 0) is 11.2 Å². The van der Waals surface area contributed by atoms with Gasteiger partial charge in [-0.3, -0.25) is 9.78 Å². The van der Waals surface area contributed by atoms with E-state index in [0.717, 1.165) is 30.9 Å². The molecular weight excluding hydrogens is 304 g/mol. The van der Waals surface area contributed by atoms with Crippen molar-refractivity contribution in [3.05, 3.63) is 54.2 Å². The maximum atomic E-state index is 12.8. The summed E-state index contributed by atoms with van der Waals surface area (Å²) in [5, 5.41) is 0. The van der Waals surface area contributed by atoms with Crippen molar-refractivity contribution in [2.24, 2.45) is 5.92 Å². The van der Waals surface area contributed by atoms with Gasteiger partial charge in [0.1, 0.15) is 0 Å². The first-order chi connectivity index (χ1) is 11.8. The topological polar surface area (TPSA) is 55.6 Å². The van der Waals surface area contributed by atoms with Crippen molar-refractivity contribution in [2.45, 2.75) is 37.8 Å². The zero-order chi connectivity index (χ0) is 16.4. The lowest BCUT2D eigenvalue weighted by atomic mass is 10.0. The van der Waals surface area contributed by atoms with Crippen LogP contribution in [0.15, 0.2) is 47.3 Å². The van der Waals surface area contributed by atoms with Gasteiger partial charge in [0.05, 0.1) is 18.4 Å². The number of nitrogens with zero attached hydrogens (tertiary/aromatic N) is 2. The number of amides is 1. The summed E-state index contributed by atoms with van der Waals surface area (Å²) in [7, 11) is 0. The van der Waals surface area contributed by atoms with E-state index in [9.17, 15) is 4.79 Å². The van der Waals surface area contributed by atoms with Gasteiger partial charge in [0.15, 0.2) is 5.76 Å². The molecule has 0 radical (unpaired) electrons. The third-order valence-electron chi connectivity index (χ3n) is 4.89. The highest BCUT2D eigenvalue weighted by Gasteiger charge is 2.39. The number of ether oxygens (including phenoxy) is 1. The van der Waals surface area contributed by atoms with Crippen molar-refractivity contribution in [1.82, 2.24) is 9.88 Å². The van der Waals surface area contributed by atoms with Crippen LogP contribution in [-0.4, -0.2) is 41.1 Å². The van der Waals surface area contributed by atoms with Gasteiger partial charge in [0, 0.05) is 25.5 Å². The molecule has 0 aromatic carbocycles. The molecule has 0 unspecified atom stereocenters. The maximum Gasteiger partial charge on any atom is 0.289 e. The predicted molar refractivity (Wildman–Crippen MR) is 88.6 cm³/mol. The molecule has 1 saturated carbocycles. The van der Waals surface area contributed by atoms with E-state index < -0.39 is 0 Å². The Hall–Kier alpha value is -2.14. The summed E-state index contributed by atoms with van der Waals surface area (Å²) in [4.78, 5) is 18.9. The third-order valence-corrected chi connectivity index (χ3v) is 4.89. The normalized spacial score (nSPS) is 23.6. The molecule has 0 spiro atoms. The van der Waals surface area contributed by atoms with Crippen molar-refractivity contribution < 1.29 is 13.9 Å². The van der Waals surface area contributed by atoms with Gasteiger partial charge in [0.2, 0.25) is 0 Å². The first-order valence-corrected chi connectivity index (χ1v) is 8.66. The molecule has 4 rings (SSSR count). The molecule has 2 aromatic heterocycles. The quantitative estimate of drug-likeness (QED) is 0.819. The van der Waals surface area contributed by atoms with Crippen LogP contribution in [0.5, 0.6) is 0 Å². The van der Waals surface area contributed by atoms with Crippen LogP contribution >= 0.6 is 0 Å². The van der Waals surface area contributed by atoms with E-state index in [4.69, 9.17) is 9.15 Å². The molecule has 5 heteroatoms. The maximum absolute atomic E-state index is 12.8. The van der Waals surface area contributed by atoms with Gasteiger partial charge in [-0.05, 0) is 55.4 Å². The zero-order valence-electron chi connectivity index (χ0n) is 13.6. The number of hydrogen-bond donors (Lipinski definition) is 0. The molecule has 1 amide bonds. The average molecular weight is 326 g/mol. The second-order valence-corrected chi connectivity index (χ2v) is 6.71. The van der Waals surface area contributed by atoms with Crippen LogP contribution in [0.4, 0.5) is 0 Å². The summed E-state index contributed by atoms with van der Waals surface area (Å²) in [6.45, 7) is 1.52. The molecule has 1 saturated heterocycles. The minimum absolute atomic E-state index is 0.0329. The lowest BCUT2D eigenvalue weighted by molar-refractivity contribution is 0.0192. The minimum Gasteiger partial charge on any atom is -0.459 e. The van der Waals surface area contributed by atoms with Crippen molar-refractivity contribution >= 4 is 5.91 Å². The molecule has 0 N–H and O–H groups in total. The van der Waals surface area contributed by atoms with Crippen LogP contribution in [0.2, 0.25) is 0 Å². The summed E-state index contributed by atoms with van der Waals surface area (Å²) < 4.78 is 11.5. The lowest BCUT2D eigenvalue weighted by Gasteiger charge is -2.28. The van der Waals surface area contributed by atoms with Gasteiger partial charge >= 0.3 is 0 Å². The molecule has 0 bridgehead atoms. The Morgan fingerprint density at radius 3 is 2.92 bits per heavy atom. The van der Waals surface area contributed by atoms with Crippen LogP contribution in [0.25, 0.3) is 0 Å². The molecule has 1 aliphatic heterocycles. The molecule has 2 fully saturated rings. The van der Waals surface area contributed by atoms with Gasteiger partial charge < -0.3 is 14.1 Å². The van der Waals surface area contributed by atoms with Gasteiger partial charge in [-0.2, -0.15) is 0 Å². The molecule has 24 heavy (non-hydrogen) atoms. The Morgan fingerprint density at radius 1 is 1.29 bits per heavy atom. The van der Waals surface area contributed by atoms with Crippen molar-refractivity contribution in [3.8, 4) is 0 Å².